The van der Waals surface area contributed by atoms with Crippen LogP contribution in [0.4, 0.5) is 17.1 Å². The maximum absolute atomic E-state index is 6.53. The number of hydrogen-bond acceptors (Lipinski definition) is 2. The van der Waals surface area contributed by atoms with E-state index >= 15 is 0 Å². The van der Waals surface area contributed by atoms with Crippen LogP contribution >= 0.6 is 0 Å². The average Bonchev–Trinajstić information content (AvgIpc) is 4.09. The van der Waals surface area contributed by atoms with Gasteiger partial charge in [0.05, 0.1) is 22.1 Å². The molecule has 328 valence electrons. The Hall–Kier alpha value is -9.18. The summed E-state index contributed by atoms with van der Waals surface area (Å²) in [5, 5.41) is 4.77. The highest BCUT2D eigenvalue weighted by Gasteiger charge is 2.47. The van der Waals surface area contributed by atoms with Crippen molar-refractivity contribution in [2.24, 2.45) is 0 Å². The van der Waals surface area contributed by atoms with Gasteiger partial charge in [0.1, 0.15) is 11.2 Å². The lowest BCUT2D eigenvalue weighted by atomic mass is 9.68. The van der Waals surface area contributed by atoms with E-state index in [0.717, 1.165) is 66.9 Å². The molecule has 13 aromatic rings. The van der Waals surface area contributed by atoms with Crippen LogP contribution in [-0.4, -0.2) is 4.57 Å². The van der Waals surface area contributed by atoms with Gasteiger partial charge in [-0.3, -0.25) is 0 Å². The SMILES string of the molecule is c1ccc(C2(c3ccccc3)c3ccccc3-c3c(N(c4ccc(-c5cccc(-n6c7ccccc7c7ccccc76)c5)cc4)c4ccc(-c5cccc6c5oc5ccccc56)cc4)cccc32)cc1. The van der Waals surface area contributed by atoms with E-state index in [0.29, 0.717) is 0 Å². The molecule has 14 rings (SSSR count). The molecule has 0 amide bonds. The number of rotatable bonds is 8. The minimum Gasteiger partial charge on any atom is -0.455 e. The Balaban J connectivity index is 0.943. The fourth-order valence-electron chi connectivity index (χ4n) is 11.7. The van der Waals surface area contributed by atoms with Crippen molar-refractivity contribution in [1.82, 2.24) is 4.57 Å². The molecule has 70 heavy (non-hydrogen) atoms. The molecule has 0 N–H and O–H groups in total. The maximum Gasteiger partial charge on any atom is 0.143 e. The number of anilines is 3. The third-order valence-electron chi connectivity index (χ3n) is 14.7. The number of furan rings is 1. The fourth-order valence-corrected chi connectivity index (χ4v) is 11.7. The summed E-state index contributed by atoms with van der Waals surface area (Å²) in [6.45, 7) is 0. The monoisotopic (exact) mass is 892 g/mol. The first-order valence-electron chi connectivity index (χ1n) is 24.1. The van der Waals surface area contributed by atoms with Gasteiger partial charge in [-0.2, -0.15) is 0 Å². The van der Waals surface area contributed by atoms with Crippen molar-refractivity contribution < 1.29 is 4.42 Å². The Morgan fingerprint density at radius 2 is 0.886 bits per heavy atom. The van der Waals surface area contributed by atoms with Crippen LogP contribution in [0.1, 0.15) is 22.3 Å². The van der Waals surface area contributed by atoms with Crippen LogP contribution in [0.3, 0.4) is 0 Å². The summed E-state index contributed by atoms with van der Waals surface area (Å²) in [5.74, 6) is 0. The number of benzene rings is 11. The van der Waals surface area contributed by atoms with Crippen LogP contribution in [-0.2, 0) is 5.41 Å². The molecular formula is C67H44N2O. The number of fused-ring (bicyclic) bond motifs is 9. The Labute approximate surface area is 406 Å². The predicted octanol–water partition coefficient (Wildman–Crippen LogP) is 17.8. The summed E-state index contributed by atoms with van der Waals surface area (Å²) in [5.41, 5.74) is 20.0. The molecule has 11 aromatic carbocycles. The third-order valence-corrected chi connectivity index (χ3v) is 14.7. The highest BCUT2D eigenvalue weighted by molar-refractivity contribution is 6.10. The molecule has 0 bridgehead atoms. The smallest absolute Gasteiger partial charge is 0.143 e. The van der Waals surface area contributed by atoms with Crippen LogP contribution in [0.25, 0.3) is 82.8 Å². The molecule has 0 spiro atoms. The lowest BCUT2D eigenvalue weighted by Gasteiger charge is -2.34. The second-order valence-corrected chi connectivity index (χ2v) is 18.4. The van der Waals surface area contributed by atoms with Crippen molar-refractivity contribution in [2.45, 2.75) is 5.41 Å². The van der Waals surface area contributed by atoms with Crippen molar-refractivity contribution in [3.8, 4) is 39.1 Å². The molecule has 2 aromatic heterocycles. The standard InChI is InChI=1S/C67H44N2O/c1-3-19-48(20-4-1)67(49-21-5-2-6-22-49)59-30-11-7-27-58(59)65-60(67)31-17-34-63(65)68(51-42-38-46(39-43-51)53-28-16-29-57-56-26-10-14-35-64(56)70-66(53)57)50-40-36-45(37-41-50)47-18-15-23-52(44-47)69-61-32-12-8-24-54(61)55-25-9-13-33-62(55)69/h1-44H. The van der Waals surface area contributed by atoms with E-state index in [4.69, 9.17) is 4.42 Å². The Morgan fingerprint density at radius 3 is 1.59 bits per heavy atom. The minimum absolute atomic E-state index is 0.531. The topological polar surface area (TPSA) is 21.3 Å². The van der Waals surface area contributed by atoms with E-state index in [9.17, 15) is 0 Å². The summed E-state index contributed by atoms with van der Waals surface area (Å²) in [4.78, 5) is 2.45. The van der Waals surface area contributed by atoms with Crippen molar-refractivity contribution in [2.75, 3.05) is 4.90 Å². The van der Waals surface area contributed by atoms with Gasteiger partial charge in [0.25, 0.3) is 0 Å². The molecule has 3 nitrogen and oxygen atoms in total. The van der Waals surface area contributed by atoms with Gasteiger partial charge >= 0.3 is 0 Å². The first-order chi connectivity index (χ1) is 34.7. The molecule has 0 saturated heterocycles. The zero-order valence-corrected chi connectivity index (χ0v) is 38.2. The van der Waals surface area contributed by atoms with Crippen molar-refractivity contribution in [3.05, 3.63) is 289 Å². The zero-order valence-electron chi connectivity index (χ0n) is 38.2. The molecule has 0 fully saturated rings. The molecule has 0 atom stereocenters. The Morgan fingerprint density at radius 1 is 0.357 bits per heavy atom. The first kappa shape index (κ1) is 39.9. The second kappa shape index (κ2) is 16.0. The summed E-state index contributed by atoms with van der Waals surface area (Å²) < 4.78 is 8.92. The van der Waals surface area contributed by atoms with Crippen molar-refractivity contribution in [3.63, 3.8) is 0 Å². The quantitative estimate of drug-likeness (QED) is 0.152. The molecule has 3 heteroatoms. The van der Waals surface area contributed by atoms with Gasteiger partial charge in [0.2, 0.25) is 0 Å². The molecule has 0 saturated carbocycles. The van der Waals surface area contributed by atoms with E-state index < -0.39 is 5.41 Å². The van der Waals surface area contributed by atoms with E-state index in [-0.39, 0.29) is 0 Å². The predicted molar refractivity (Wildman–Crippen MR) is 291 cm³/mol. The summed E-state index contributed by atoms with van der Waals surface area (Å²) in [7, 11) is 0. The molecule has 1 aliphatic carbocycles. The van der Waals surface area contributed by atoms with Crippen LogP contribution < -0.4 is 4.90 Å². The summed E-state index contributed by atoms with van der Waals surface area (Å²) in [6, 6.07) is 97.2. The molecule has 1 aliphatic rings. The van der Waals surface area contributed by atoms with Crippen LogP contribution in [0.2, 0.25) is 0 Å². The second-order valence-electron chi connectivity index (χ2n) is 18.4. The number of para-hydroxylation sites is 4. The number of aromatic nitrogens is 1. The molecule has 0 unspecified atom stereocenters. The highest BCUT2D eigenvalue weighted by Crippen LogP contribution is 2.59. The van der Waals surface area contributed by atoms with E-state index in [1.54, 1.807) is 0 Å². The third kappa shape index (κ3) is 6.01. The largest absolute Gasteiger partial charge is 0.455 e. The minimum atomic E-state index is -0.531. The normalized spacial score (nSPS) is 12.7. The lowest BCUT2D eigenvalue weighted by molar-refractivity contribution is 0.670. The van der Waals surface area contributed by atoms with Gasteiger partial charge in [-0.05, 0) is 105 Å². The van der Waals surface area contributed by atoms with Gasteiger partial charge in [0, 0.05) is 49.7 Å². The van der Waals surface area contributed by atoms with Gasteiger partial charge in [-0.15, -0.1) is 0 Å². The zero-order chi connectivity index (χ0) is 46.2. The van der Waals surface area contributed by atoms with Gasteiger partial charge < -0.3 is 13.9 Å². The van der Waals surface area contributed by atoms with Crippen LogP contribution in [0, 0.1) is 0 Å². The van der Waals surface area contributed by atoms with Gasteiger partial charge in [-0.1, -0.05) is 206 Å². The summed E-state index contributed by atoms with van der Waals surface area (Å²) >= 11 is 0. The van der Waals surface area contributed by atoms with Crippen molar-refractivity contribution in [1.29, 1.82) is 0 Å². The maximum atomic E-state index is 6.53. The molecule has 0 radical (unpaired) electrons. The number of nitrogens with zero attached hydrogens (tertiary/aromatic N) is 2. The number of hydrogen-bond donors (Lipinski definition) is 0. The van der Waals surface area contributed by atoms with Gasteiger partial charge in [0.15, 0.2) is 0 Å². The average molecular weight is 893 g/mol. The Bertz CT molecular complexity index is 4020. The van der Waals surface area contributed by atoms with Crippen LogP contribution in [0.15, 0.2) is 271 Å². The fraction of sp³-hybridized carbons (Fsp3) is 0.0149. The summed E-state index contributed by atoms with van der Waals surface area (Å²) in [6.07, 6.45) is 0. The molecule has 2 heterocycles. The van der Waals surface area contributed by atoms with Gasteiger partial charge in [-0.25, -0.2) is 0 Å². The van der Waals surface area contributed by atoms with E-state index in [2.05, 4.69) is 270 Å². The first-order valence-corrected chi connectivity index (χ1v) is 24.1. The molecular weight excluding hydrogens is 849 g/mol. The van der Waals surface area contributed by atoms with E-state index in [1.165, 1.54) is 55.2 Å². The van der Waals surface area contributed by atoms with Crippen molar-refractivity contribution >= 4 is 60.8 Å². The highest BCUT2D eigenvalue weighted by atomic mass is 16.3. The van der Waals surface area contributed by atoms with Crippen LogP contribution in [0.5, 0.6) is 0 Å². The van der Waals surface area contributed by atoms with E-state index in [1.807, 2.05) is 6.07 Å². The Kier molecular flexibility index (Phi) is 9.11. The molecule has 0 aliphatic heterocycles. The lowest BCUT2D eigenvalue weighted by Crippen LogP contribution is -2.28.